The molecule has 2 heteroatoms. The minimum absolute atomic E-state index is 1.12. The van der Waals surface area contributed by atoms with Crippen molar-refractivity contribution in [1.82, 2.24) is 0 Å². The zero-order chi connectivity index (χ0) is 8.39. The molecule has 0 radical (unpaired) electrons. The highest BCUT2D eigenvalue weighted by Gasteiger charge is 2.07. The summed E-state index contributed by atoms with van der Waals surface area (Å²) in [6.45, 7) is 1.14. The van der Waals surface area contributed by atoms with Crippen LogP contribution in [0.3, 0.4) is 0 Å². The van der Waals surface area contributed by atoms with Crippen LogP contribution in [0.2, 0.25) is 0 Å². The highest BCUT2D eigenvalue weighted by atomic mass is 127. The zero-order valence-electron chi connectivity index (χ0n) is 6.94. The second kappa shape index (κ2) is 3.64. The van der Waals surface area contributed by atoms with Gasteiger partial charge < -0.3 is 5.32 Å². The molecular weight excluding hydrogens is 261 g/mol. The third-order valence-corrected chi connectivity index (χ3v) is 3.14. The van der Waals surface area contributed by atoms with E-state index < -0.39 is 0 Å². The first kappa shape index (κ1) is 8.35. The van der Waals surface area contributed by atoms with Crippen LogP contribution >= 0.6 is 22.6 Å². The van der Waals surface area contributed by atoms with E-state index in [0.717, 1.165) is 11.0 Å². The van der Waals surface area contributed by atoms with Crippen molar-refractivity contribution in [3.05, 3.63) is 29.3 Å². The Morgan fingerprint density at radius 3 is 3.17 bits per heavy atom. The Bertz CT molecular complexity index is 283. The van der Waals surface area contributed by atoms with Crippen molar-refractivity contribution in [1.29, 1.82) is 0 Å². The summed E-state index contributed by atoms with van der Waals surface area (Å²) in [6.07, 6.45) is 2.52. The van der Waals surface area contributed by atoms with Crippen LogP contribution in [0.15, 0.2) is 18.2 Å². The van der Waals surface area contributed by atoms with Gasteiger partial charge in [0.15, 0.2) is 0 Å². The second-order valence-electron chi connectivity index (χ2n) is 3.16. The molecule has 64 valence electrons. The lowest BCUT2D eigenvalue weighted by atomic mass is 10.0. The molecule has 0 spiro atoms. The highest BCUT2D eigenvalue weighted by molar-refractivity contribution is 14.1. The average molecular weight is 273 g/mol. The molecule has 0 saturated carbocycles. The lowest BCUT2D eigenvalue weighted by molar-refractivity contribution is 0.829. The molecule has 0 saturated heterocycles. The van der Waals surface area contributed by atoms with Crippen molar-refractivity contribution in [3.8, 4) is 0 Å². The molecule has 2 rings (SSSR count). The molecule has 0 atom stereocenters. The molecule has 1 aromatic carbocycles. The highest BCUT2D eigenvalue weighted by Crippen LogP contribution is 2.23. The monoisotopic (exact) mass is 273 g/mol. The minimum Gasteiger partial charge on any atom is -0.385 e. The Morgan fingerprint density at radius 2 is 2.33 bits per heavy atom. The van der Waals surface area contributed by atoms with Crippen LogP contribution in [0.5, 0.6) is 0 Å². The van der Waals surface area contributed by atoms with E-state index in [2.05, 4.69) is 46.1 Å². The summed E-state index contributed by atoms with van der Waals surface area (Å²) in [5, 5.41) is 3.41. The molecule has 1 nitrogen and oxygen atoms in total. The van der Waals surface area contributed by atoms with Crippen molar-refractivity contribution in [2.45, 2.75) is 17.3 Å². The van der Waals surface area contributed by atoms with Gasteiger partial charge in [0.05, 0.1) is 0 Å². The summed E-state index contributed by atoms with van der Waals surface area (Å²) in [4.78, 5) is 0. The maximum atomic E-state index is 3.41. The molecule has 1 aliphatic rings. The van der Waals surface area contributed by atoms with Gasteiger partial charge in [-0.05, 0) is 30.0 Å². The van der Waals surface area contributed by atoms with Crippen LogP contribution in [0, 0.1) is 0 Å². The average Bonchev–Trinajstić information content (AvgIpc) is 2.17. The predicted molar refractivity (Wildman–Crippen MR) is 61.0 cm³/mol. The van der Waals surface area contributed by atoms with Crippen molar-refractivity contribution in [2.24, 2.45) is 0 Å². The van der Waals surface area contributed by atoms with E-state index in [1.807, 2.05) is 0 Å². The molecule has 0 aliphatic carbocycles. The number of anilines is 1. The number of aryl methyl sites for hydroxylation is 1. The van der Waals surface area contributed by atoms with E-state index in [-0.39, 0.29) is 0 Å². The number of benzene rings is 1. The van der Waals surface area contributed by atoms with Crippen LogP contribution in [0.1, 0.15) is 17.5 Å². The normalized spacial score (nSPS) is 15.1. The van der Waals surface area contributed by atoms with E-state index in [0.29, 0.717) is 0 Å². The minimum atomic E-state index is 1.12. The van der Waals surface area contributed by atoms with Gasteiger partial charge in [0.25, 0.3) is 0 Å². The number of hydrogen-bond donors (Lipinski definition) is 1. The summed E-state index contributed by atoms with van der Waals surface area (Å²) < 4.78 is 1.12. The predicted octanol–water partition coefficient (Wildman–Crippen LogP) is 2.98. The maximum absolute atomic E-state index is 3.41. The van der Waals surface area contributed by atoms with Gasteiger partial charge in [-0.3, -0.25) is 0 Å². The number of hydrogen-bond acceptors (Lipinski definition) is 1. The molecule has 0 unspecified atom stereocenters. The Labute approximate surface area is 86.7 Å². The smallest absolute Gasteiger partial charge is 0.0372 e. The molecule has 0 bridgehead atoms. The fourth-order valence-electron chi connectivity index (χ4n) is 1.61. The Hall–Kier alpha value is -0.250. The van der Waals surface area contributed by atoms with Gasteiger partial charge in [-0.1, -0.05) is 34.7 Å². The molecule has 1 aliphatic heterocycles. The van der Waals surface area contributed by atoms with Gasteiger partial charge in [-0.15, -0.1) is 0 Å². The second-order valence-corrected chi connectivity index (χ2v) is 3.92. The SMILES string of the molecule is ICc1ccc2c(c1)CCCN2. The lowest BCUT2D eigenvalue weighted by Crippen LogP contribution is -2.11. The summed E-state index contributed by atoms with van der Waals surface area (Å²) >= 11 is 2.41. The Kier molecular flexibility index (Phi) is 2.54. The largest absolute Gasteiger partial charge is 0.385 e. The summed E-state index contributed by atoms with van der Waals surface area (Å²) in [7, 11) is 0. The quantitative estimate of drug-likeness (QED) is 0.612. The number of nitrogens with one attached hydrogen (secondary N) is 1. The number of fused-ring (bicyclic) bond motifs is 1. The van der Waals surface area contributed by atoms with Crippen molar-refractivity contribution < 1.29 is 0 Å². The first-order valence-corrected chi connectivity index (χ1v) is 5.84. The van der Waals surface area contributed by atoms with Crippen molar-refractivity contribution >= 4 is 28.3 Å². The summed E-state index contributed by atoms with van der Waals surface area (Å²) in [5.41, 5.74) is 4.28. The Morgan fingerprint density at radius 1 is 1.42 bits per heavy atom. The maximum Gasteiger partial charge on any atom is 0.0372 e. The van der Waals surface area contributed by atoms with Crippen LogP contribution in [-0.2, 0) is 10.8 Å². The van der Waals surface area contributed by atoms with Crippen molar-refractivity contribution in [3.63, 3.8) is 0 Å². The van der Waals surface area contributed by atoms with Gasteiger partial charge >= 0.3 is 0 Å². The van der Waals surface area contributed by atoms with E-state index in [1.54, 1.807) is 0 Å². The van der Waals surface area contributed by atoms with Gasteiger partial charge in [0.2, 0.25) is 0 Å². The summed E-state index contributed by atoms with van der Waals surface area (Å²) in [5.74, 6) is 0. The zero-order valence-corrected chi connectivity index (χ0v) is 9.10. The van der Waals surface area contributed by atoms with Crippen LogP contribution in [-0.4, -0.2) is 6.54 Å². The van der Waals surface area contributed by atoms with Crippen LogP contribution in [0.4, 0.5) is 5.69 Å². The number of rotatable bonds is 1. The van der Waals surface area contributed by atoms with E-state index in [1.165, 1.54) is 29.7 Å². The van der Waals surface area contributed by atoms with E-state index >= 15 is 0 Å². The van der Waals surface area contributed by atoms with Gasteiger partial charge in [-0.25, -0.2) is 0 Å². The van der Waals surface area contributed by atoms with Crippen LogP contribution in [0.25, 0.3) is 0 Å². The van der Waals surface area contributed by atoms with Crippen LogP contribution < -0.4 is 5.32 Å². The standard InChI is InChI=1S/C10H12IN/c11-7-8-3-4-10-9(6-8)2-1-5-12-10/h3-4,6,12H,1-2,5,7H2. The molecular formula is C10H12IN. The lowest BCUT2D eigenvalue weighted by Gasteiger charge is -2.18. The van der Waals surface area contributed by atoms with Gasteiger partial charge in [0, 0.05) is 16.7 Å². The number of alkyl halides is 1. The summed E-state index contributed by atoms with van der Waals surface area (Å²) in [6, 6.07) is 6.75. The Balaban J connectivity index is 2.36. The third-order valence-electron chi connectivity index (χ3n) is 2.26. The first-order valence-electron chi connectivity index (χ1n) is 4.32. The van der Waals surface area contributed by atoms with E-state index in [4.69, 9.17) is 0 Å². The molecule has 1 heterocycles. The number of halogens is 1. The molecule has 1 aromatic rings. The molecule has 0 aromatic heterocycles. The molecule has 1 N–H and O–H groups in total. The molecule has 0 amide bonds. The fourth-order valence-corrected chi connectivity index (χ4v) is 2.09. The van der Waals surface area contributed by atoms with Gasteiger partial charge in [0.1, 0.15) is 0 Å². The van der Waals surface area contributed by atoms with E-state index in [9.17, 15) is 0 Å². The van der Waals surface area contributed by atoms with Crippen molar-refractivity contribution in [2.75, 3.05) is 11.9 Å². The topological polar surface area (TPSA) is 12.0 Å². The third kappa shape index (κ3) is 1.58. The van der Waals surface area contributed by atoms with Gasteiger partial charge in [-0.2, -0.15) is 0 Å². The first-order chi connectivity index (χ1) is 5.90. The fraction of sp³-hybridized carbons (Fsp3) is 0.400. The molecule has 12 heavy (non-hydrogen) atoms. The molecule has 0 fully saturated rings.